The smallest absolute Gasteiger partial charge is 0.207 e. The first-order valence-electron chi connectivity index (χ1n) is 5.60. The first kappa shape index (κ1) is 16.4. The molecule has 0 fully saturated rings. The van der Waals surface area contributed by atoms with Gasteiger partial charge in [-0.1, -0.05) is 13.8 Å². The molecule has 1 unspecified atom stereocenters. The van der Waals surface area contributed by atoms with E-state index in [1.807, 2.05) is 13.8 Å². The standard InChI is InChI=1S/C11H17BrClNO2S2/c1-7(2)4-9(6-13)14-18(15,16)10-5-11(12)17-8(10)3/h5,7,9,14H,4,6H2,1-3H3. The molecule has 0 aromatic carbocycles. The fourth-order valence-corrected chi connectivity index (χ4v) is 5.65. The van der Waals surface area contributed by atoms with E-state index in [-0.39, 0.29) is 11.9 Å². The first-order valence-corrected chi connectivity index (χ1v) is 9.23. The monoisotopic (exact) mass is 373 g/mol. The van der Waals surface area contributed by atoms with E-state index in [2.05, 4.69) is 20.7 Å². The van der Waals surface area contributed by atoms with Gasteiger partial charge in [-0.05, 0) is 41.3 Å². The molecule has 1 atom stereocenters. The molecule has 0 amide bonds. The predicted molar refractivity (Wildman–Crippen MR) is 81.0 cm³/mol. The van der Waals surface area contributed by atoms with Gasteiger partial charge in [0.15, 0.2) is 0 Å². The van der Waals surface area contributed by atoms with Gasteiger partial charge in [-0.3, -0.25) is 0 Å². The average molecular weight is 375 g/mol. The van der Waals surface area contributed by atoms with Crippen molar-refractivity contribution in [3.8, 4) is 0 Å². The highest BCUT2D eigenvalue weighted by atomic mass is 79.9. The van der Waals surface area contributed by atoms with E-state index in [4.69, 9.17) is 11.6 Å². The fraction of sp³-hybridized carbons (Fsp3) is 0.636. The maximum absolute atomic E-state index is 12.2. The summed E-state index contributed by atoms with van der Waals surface area (Å²) in [6.45, 7) is 5.88. The van der Waals surface area contributed by atoms with Crippen LogP contribution < -0.4 is 4.72 Å². The summed E-state index contributed by atoms with van der Waals surface area (Å²) in [5, 5.41) is 0. The molecule has 0 aliphatic carbocycles. The quantitative estimate of drug-likeness (QED) is 0.771. The van der Waals surface area contributed by atoms with Crippen LogP contribution in [0.5, 0.6) is 0 Å². The zero-order valence-corrected chi connectivity index (χ0v) is 14.5. The fourth-order valence-electron chi connectivity index (χ4n) is 1.69. The van der Waals surface area contributed by atoms with Crippen molar-refractivity contribution < 1.29 is 8.42 Å². The van der Waals surface area contributed by atoms with Gasteiger partial charge in [0.1, 0.15) is 0 Å². The summed E-state index contributed by atoms with van der Waals surface area (Å²) in [6.07, 6.45) is 0.729. The second kappa shape index (κ2) is 6.70. The second-order valence-corrected chi connectivity index (χ2v) is 9.20. The topological polar surface area (TPSA) is 46.2 Å². The summed E-state index contributed by atoms with van der Waals surface area (Å²) >= 11 is 10.5. The number of halogens is 2. The Labute approximate surface area is 126 Å². The molecule has 3 nitrogen and oxygen atoms in total. The van der Waals surface area contributed by atoms with Gasteiger partial charge < -0.3 is 0 Å². The number of sulfonamides is 1. The van der Waals surface area contributed by atoms with Crippen LogP contribution in [0.3, 0.4) is 0 Å². The molecule has 0 aliphatic heterocycles. The predicted octanol–water partition coefficient (Wildman–Crippen LogP) is 3.75. The van der Waals surface area contributed by atoms with Crippen molar-refractivity contribution in [1.82, 2.24) is 4.72 Å². The van der Waals surface area contributed by atoms with Crippen LogP contribution in [0.2, 0.25) is 0 Å². The molecule has 0 saturated carbocycles. The Morgan fingerprint density at radius 1 is 1.50 bits per heavy atom. The molecule has 0 spiro atoms. The minimum absolute atomic E-state index is 0.227. The van der Waals surface area contributed by atoms with Crippen molar-refractivity contribution in [3.05, 3.63) is 14.7 Å². The van der Waals surface area contributed by atoms with Crippen LogP contribution in [-0.2, 0) is 10.0 Å². The van der Waals surface area contributed by atoms with Gasteiger partial charge in [-0.25, -0.2) is 13.1 Å². The summed E-state index contributed by atoms with van der Waals surface area (Å²) in [4.78, 5) is 1.10. The Bertz CT molecular complexity index is 499. The number of alkyl halides is 1. The third kappa shape index (κ3) is 4.49. The molecular formula is C11H17BrClNO2S2. The van der Waals surface area contributed by atoms with E-state index in [0.29, 0.717) is 10.8 Å². The van der Waals surface area contributed by atoms with Crippen molar-refractivity contribution in [1.29, 1.82) is 0 Å². The van der Waals surface area contributed by atoms with E-state index < -0.39 is 10.0 Å². The van der Waals surface area contributed by atoms with Gasteiger partial charge in [0.25, 0.3) is 0 Å². The van der Waals surface area contributed by atoms with Gasteiger partial charge in [0, 0.05) is 16.8 Å². The molecule has 1 heterocycles. The van der Waals surface area contributed by atoms with Crippen LogP contribution in [0.25, 0.3) is 0 Å². The highest BCUT2D eigenvalue weighted by Gasteiger charge is 2.23. The lowest BCUT2D eigenvalue weighted by molar-refractivity contribution is 0.485. The van der Waals surface area contributed by atoms with Gasteiger partial charge in [0.05, 0.1) is 8.68 Å². The SMILES string of the molecule is Cc1sc(Br)cc1S(=O)(=O)NC(CCl)CC(C)C. The molecular weight excluding hydrogens is 358 g/mol. The Morgan fingerprint density at radius 2 is 2.11 bits per heavy atom. The zero-order chi connectivity index (χ0) is 13.9. The molecule has 104 valence electrons. The lowest BCUT2D eigenvalue weighted by Crippen LogP contribution is -2.37. The molecule has 0 radical (unpaired) electrons. The number of hydrogen-bond acceptors (Lipinski definition) is 3. The third-order valence-corrected chi connectivity index (χ3v) is 6.10. The second-order valence-electron chi connectivity index (χ2n) is 4.57. The van der Waals surface area contributed by atoms with Crippen molar-refractivity contribution in [2.45, 2.75) is 38.1 Å². The lowest BCUT2D eigenvalue weighted by Gasteiger charge is -2.17. The number of rotatable bonds is 6. The van der Waals surface area contributed by atoms with Crippen LogP contribution in [-0.4, -0.2) is 20.3 Å². The maximum atomic E-state index is 12.2. The van der Waals surface area contributed by atoms with E-state index in [9.17, 15) is 8.42 Å². The van der Waals surface area contributed by atoms with Crippen molar-refractivity contribution in [3.63, 3.8) is 0 Å². The van der Waals surface area contributed by atoms with Crippen LogP contribution in [0.15, 0.2) is 14.7 Å². The molecule has 7 heteroatoms. The summed E-state index contributed by atoms with van der Waals surface area (Å²) in [5.41, 5.74) is 0. The molecule has 1 rings (SSSR count). The summed E-state index contributed by atoms with van der Waals surface area (Å²) in [7, 11) is -3.48. The van der Waals surface area contributed by atoms with Crippen LogP contribution >= 0.6 is 38.9 Å². The normalized spacial score (nSPS) is 14.1. The zero-order valence-electron chi connectivity index (χ0n) is 10.5. The third-order valence-electron chi connectivity index (χ3n) is 2.40. The number of aryl methyl sites for hydroxylation is 1. The largest absolute Gasteiger partial charge is 0.241 e. The van der Waals surface area contributed by atoms with E-state index in [0.717, 1.165) is 15.1 Å². The van der Waals surface area contributed by atoms with E-state index in [1.54, 1.807) is 13.0 Å². The Balaban J connectivity index is 2.90. The van der Waals surface area contributed by atoms with Crippen molar-refractivity contribution >= 4 is 48.9 Å². The Hall–Kier alpha value is 0.380. The summed E-state index contributed by atoms with van der Waals surface area (Å²) in [6, 6.07) is 1.40. The van der Waals surface area contributed by atoms with Crippen LogP contribution in [0, 0.1) is 12.8 Å². The lowest BCUT2D eigenvalue weighted by atomic mass is 10.1. The first-order chi connectivity index (χ1) is 8.26. The van der Waals surface area contributed by atoms with Crippen molar-refractivity contribution in [2.24, 2.45) is 5.92 Å². The number of thiophene rings is 1. The Kier molecular flexibility index (Phi) is 6.12. The molecule has 1 aromatic heterocycles. The van der Waals surface area contributed by atoms with Gasteiger partial charge in [-0.15, -0.1) is 22.9 Å². The molecule has 0 saturated heterocycles. The number of hydrogen-bond donors (Lipinski definition) is 1. The van der Waals surface area contributed by atoms with Gasteiger partial charge >= 0.3 is 0 Å². The van der Waals surface area contributed by atoms with Gasteiger partial charge in [0.2, 0.25) is 10.0 Å². The molecule has 1 N–H and O–H groups in total. The highest BCUT2D eigenvalue weighted by Crippen LogP contribution is 2.29. The van der Waals surface area contributed by atoms with Gasteiger partial charge in [-0.2, -0.15) is 0 Å². The summed E-state index contributed by atoms with van der Waals surface area (Å²) < 4.78 is 27.9. The van der Waals surface area contributed by atoms with E-state index in [1.165, 1.54) is 11.3 Å². The minimum Gasteiger partial charge on any atom is -0.207 e. The molecule has 0 aliphatic rings. The highest BCUT2D eigenvalue weighted by molar-refractivity contribution is 9.11. The summed E-state index contributed by atoms with van der Waals surface area (Å²) in [5.74, 6) is 0.675. The van der Waals surface area contributed by atoms with Crippen molar-refractivity contribution in [2.75, 3.05) is 5.88 Å². The maximum Gasteiger partial charge on any atom is 0.241 e. The minimum atomic E-state index is -3.48. The molecule has 18 heavy (non-hydrogen) atoms. The average Bonchev–Trinajstić information content (AvgIpc) is 2.56. The van der Waals surface area contributed by atoms with E-state index >= 15 is 0 Å². The Morgan fingerprint density at radius 3 is 2.50 bits per heavy atom. The molecule has 1 aromatic rings. The van der Waals surface area contributed by atoms with Crippen LogP contribution in [0.1, 0.15) is 25.1 Å². The molecule has 0 bridgehead atoms. The number of nitrogens with one attached hydrogen (secondary N) is 1. The van der Waals surface area contributed by atoms with Crippen LogP contribution in [0.4, 0.5) is 0 Å².